The number of likely N-dealkylation sites (tertiary alicyclic amines) is 1. The minimum Gasteiger partial charge on any atom is -0.450 e. The molecule has 1 N–H and O–H groups in total. The highest BCUT2D eigenvalue weighted by Crippen LogP contribution is 2.16. The van der Waals surface area contributed by atoms with Gasteiger partial charge in [0.15, 0.2) is 0 Å². The monoisotopic (exact) mass is 276 g/mol. The Kier molecular flexibility index (Phi) is 5.41. The summed E-state index contributed by atoms with van der Waals surface area (Å²) in [7, 11) is 0. The third kappa shape index (κ3) is 4.23. The normalized spacial score (nSPS) is 19.6. The minimum absolute atomic E-state index is 0.201. The fourth-order valence-electron chi connectivity index (χ4n) is 2.68. The van der Waals surface area contributed by atoms with E-state index in [9.17, 15) is 4.79 Å². The summed E-state index contributed by atoms with van der Waals surface area (Å²) < 4.78 is 4.95. The molecular weight excluding hydrogens is 252 g/mol. The molecule has 110 valence electrons. The third-order valence-corrected chi connectivity index (χ3v) is 3.76. The smallest absolute Gasteiger partial charge is 0.407 e. The lowest BCUT2D eigenvalue weighted by Gasteiger charge is -2.33. The quantitative estimate of drug-likeness (QED) is 0.919. The molecule has 0 spiro atoms. The zero-order chi connectivity index (χ0) is 14.4. The number of carbonyl (C=O) groups is 1. The van der Waals surface area contributed by atoms with Crippen molar-refractivity contribution in [2.24, 2.45) is 0 Å². The summed E-state index contributed by atoms with van der Waals surface area (Å²) in [6.45, 7) is 7.33. The second-order valence-electron chi connectivity index (χ2n) is 5.37. The molecule has 1 fully saturated rings. The molecule has 1 saturated heterocycles. The lowest BCUT2D eigenvalue weighted by atomic mass is 10.0. The van der Waals surface area contributed by atoms with Crippen LogP contribution >= 0.6 is 0 Å². The Morgan fingerprint density at radius 1 is 1.45 bits per heavy atom. The van der Waals surface area contributed by atoms with Crippen molar-refractivity contribution < 1.29 is 9.53 Å². The number of amides is 1. The zero-order valence-electron chi connectivity index (χ0n) is 12.4. The number of carbonyl (C=O) groups excluding carboxylic acids is 1. The van der Waals surface area contributed by atoms with Gasteiger partial charge in [0, 0.05) is 19.1 Å². The number of hydrogen-bond donors (Lipinski definition) is 1. The summed E-state index contributed by atoms with van der Waals surface area (Å²) in [5, 5.41) is 2.95. The summed E-state index contributed by atoms with van der Waals surface area (Å²) in [4.78, 5) is 13.9. The van der Waals surface area contributed by atoms with Crippen LogP contribution in [0.3, 0.4) is 0 Å². The predicted molar refractivity (Wildman–Crippen MR) is 79.6 cm³/mol. The molecule has 2 rings (SSSR count). The number of ether oxygens (including phenoxy) is 1. The Morgan fingerprint density at radius 2 is 2.25 bits per heavy atom. The van der Waals surface area contributed by atoms with Crippen LogP contribution in [-0.4, -0.2) is 36.7 Å². The highest BCUT2D eigenvalue weighted by molar-refractivity contribution is 5.67. The molecular formula is C16H24N2O2. The Bertz CT molecular complexity index is 448. The minimum atomic E-state index is -0.296. The first-order chi connectivity index (χ1) is 9.69. The van der Waals surface area contributed by atoms with E-state index in [-0.39, 0.29) is 12.1 Å². The number of piperidine rings is 1. The fraction of sp³-hybridized carbons (Fsp3) is 0.562. The van der Waals surface area contributed by atoms with E-state index in [0.717, 1.165) is 32.5 Å². The van der Waals surface area contributed by atoms with Crippen LogP contribution < -0.4 is 5.32 Å². The summed E-state index contributed by atoms with van der Waals surface area (Å²) in [5.41, 5.74) is 2.69. The number of alkyl carbamates (subject to hydrolysis) is 1. The molecule has 0 saturated carbocycles. The van der Waals surface area contributed by atoms with Gasteiger partial charge in [-0.2, -0.15) is 0 Å². The van der Waals surface area contributed by atoms with Gasteiger partial charge in [-0.05, 0) is 44.4 Å². The topological polar surface area (TPSA) is 41.6 Å². The van der Waals surface area contributed by atoms with Crippen molar-refractivity contribution in [2.45, 2.75) is 39.3 Å². The number of nitrogens with zero attached hydrogens (tertiary/aromatic N) is 1. The van der Waals surface area contributed by atoms with E-state index >= 15 is 0 Å². The van der Waals surface area contributed by atoms with E-state index in [1.807, 2.05) is 6.92 Å². The standard InChI is InChI=1S/C16H24N2O2/c1-3-20-16(19)17-15-9-6-10-18(12-15)11-14-8-5-4-7-13(14)2/h4-5,7-8,15H,3,6,9-12H2,1-2H3,(H,17,19). The Hall–Kier alpha value is -1.55. The molecule has 4 heteroatoms. The van der Waals surface area contributed by atoms with Gasteiger partial charge in [0.2, 0.25) is 0 Å². The predicted octanol–water partition coefficient (Wildman–Crippen LogP) is 2.71. The Labute approximate surface area is 121 Å². The number of hydrogen-bond acceptors (Lipinski definition) is 3. The Balaban J connectivity index is 1.87. The van der Waals surface area contributed by atoms with Gasteiger partial charge in [-0.15, -0.1) is 0 Å². The van der Waals surface area contributed by atoms with Gasteiger partial charge in [-0.1, -0.05) is 24.3 Å². The SMILES string of the molecule is CCOC(=O)NC1CCCN(Cc2ccccc2C)C1. The van der Waals surface area contributed by atoms with Crippen LogP contribution in [0, 0.1) is 6.92 Å². The highest BCUT2D eigenvalue weighted by atomic mass is 16.5. The van der Waals surface area contributed by atoms with Crippen molar-refractivity contribution in [3.63, 3.8) is 0 Å². The van der Waals surface area contributed by atoms with Crippen LogP contribution in [0.25, 0.3) is 0 Å². The number of nitrogens with one attached hydrogen (secondary N) is 1. The average Bonchev–Trinajstić information content (AvgIpc) is 2.42. The van der Waals surface area contributed by atoms with Crippen molar-refractivity contribution in [1.82, 2.24) is 10.2 Å². The highest BCUT2D eigenvalue weighted by Gasteiger charge is 2.22. The van der Waals surface area contributed by atoms with Gasteiger partial charge in [0.05, 0.1) is 6.61 Å². The van der Waals surface area contributed by atoms with E-state index in [1.165, 1.54) is 11.1 Å². The largest absolute Gasteiger partial charge is 0.450 e. The first-order valence-electron chi connectivity index (χ1n) is 7.39. The molecule has 4 nitrogen and oxygen atoms in total. The van der Waals surface area contributed by atoms with Gasteiger partial charge >= 0.3 is 6.09 Å². The average molecular weight is 276 g/mol. The van der Waals surface area contributed by atoms with Gasteiger partial charge in [-0.25, -0.2) is 4.79 Å². The zero-order valence-corrected chi connectivity index (χ0v) is 12.4. The molecule has 0 radical (unpaired) electrons. The van der Waals surface area contributed by atoms with Gasteiger partial charge < -0.3 is 10.1 Å². The van der Waals surface area contributed by atoms with E-state index in [1.54, 1.807) is 0 Å². The van der Waals surface area contributed by atoms with Crippen LogP contribution in [0.5, 0.6) is 0 Å². The van der Waals surface area contributed by atoms with E-state index < -0.39 is 0 Å². The second kappa shape index (κ2) is 7.29. The second-order valence-corrected chi connectivity index (χ2v) is 5.37. The maximum absolute atomic E-state index is 11.5. The molecule has 0 aromatic heterocycles. The van der Waals surface area contributed by atoms with Crippen LogP contribution in [0.15, 0.2) is 24.3 Å². The molecule has 1 heterocycles. The number of benzene rings is 1. The third-order valence-electron chi connectivity index (χ3n) is 3.76. The molecule has 0 aliphatic carbocycles. The number of rotatable bonds is 4. The molecule has 1 amide bonds. The van der Waals surface area contributed by atoms with Crippen molar-refractivity contribution in [3.05, 3.63) is 35.4 Å². The van der Waals surface area contributed by atoms with Crippen molar-refractivity contribution in [3.8, 4) is 0 Å². The molecule has 1 aromatic carbocycles. The van der Waals surface area contributed by atoms with E-state index in [2.05, 4.69) is 41.4 Å². The molecule has 20 heavy (non-hydrogen) atoms. The van der Waals surface area contributed by atoms with E-state index in [4.69, 9.17) is 4.74 Å². The lowest BCUT2D eigenvalue weighted by Crippen LogP contribution is -2.47. The van der Waals surface area contributed by atoms with Gasteiger partial charge in [-0.3, -0.25) is 4.90 Å². The van der Waals surface area contributed by atoms with Gasteiger partial charge in [0.25, 0.3) is 0 Å². The van der Waals surface area contributed by atoms with Crippen LogP contribution in [0.2, 0.25) is 0 Å². The molecule has 1 atom stereocenters. The fourth-order valence-corrected chi connectivity index (χ4v) is 2.68. The maximum atomic E-state index is 11.5. The van der Waals surface area contributed by atoms with Crippen molar-refractivity contribution in [2.75, 3.05) is 19.7 Å². The van der Waals surface area contributed by atoms with Crippen molar-refractivity contribution >= 4 is 6.09 Å². The summed E-state index contributed by atoms with van der Waals surface area (Å²) >= 11 is 0. The van der Waals surface area contributed by atoms with E-state index in [0.29, 0.717) is 6.61 Å². The van der Waals surface area contributed by atoms with Gasteiger partial charge in [0.1, 0.15) is 0 Å². The first kappa shape index (κ1) is 14.9. The van der Waals surface area contributed by atoms with Crippen LogP contribution in [0.1, 0.15) is 30.9 Å². The summed E-state index contributed by atoms with van der Waals surface area (Å²) in [6, 6.07) is 8.68. The molecule has 1 aromatic rings. The first-order valence-corrected chi connectivity index (χ1v) is 7.39. The molecule has 1 aliphatic heterocycles. The Morgan fingerprint density at radius 3 is 3.00 bits per heavy atom. The maximum Gasteiger partial charge on any atom is 0.407 e. The van der Waals surface area contributed by atoms with Crippen LogP contribution in [-0.2, 0) is 11.3 Å². The summed E-state index contributed by atoms with van der Waals surface area (Å²) in [5.74, 6) is 0. The number of aryl methyl sites for hydroxylation is 1. The molecule has 1 aliphatic rings. The molecule has 0 bridgehead atoms. The van der Waals surface area contributed by atoms with Crippen LogP contribution in [0.4, 0.5) is 4.79 Å². The molecule has 1 unspecified atom stereocenters. The van der Waals surface area contributed by atoms with Crippen molar-refractivity contribution in [1.29, 1.82) is 0 Å². The summed E-state index contributed by atoms with van der Waals surface area (Å²) in [6.07, 6.45) is 1.85. The lowest BCUT2D eigenvalue weighted by molar-refractivity contribution is 0.132.